The van der Waals surface area contributed by atoms with Gasteiger partial charge in [-0.3, -0.25) is 0 Å². The molecule has 0 atom stereocenters. The van der Waals surface area contributed by atoms with Crippen LogP contribution in [0.3, 0.4) is 0 Å². The molecule has 1 aromatic rings. The molecule has 0 spiro atoms. The summed E-state index contributed by atoms with van der Waals surface area (Å²) in [6.45, 7) is 2.43. The highest BCUT2D eigenvalue weighted by molar-refractivity contribution is 9.08. The van der Waals surface area contributed by atoms with E-state index in [1.54, 1.807) is 0 Å². The highest BCUT2D eigenvalue weighted by Crippen LogP contribution is 2.22. The van der Waals surface area contributed by atoms with E-state index in [4.69, 9.17) is 0 Å². The minimum Gasteiger partial charge on any atom is -0.372 e. The van der Waals surface area contributed by atoms with Gasteiger partial charge in [0.05, 0.1) is 0 Å². The molecule has 1 heterocycles. The van der Waals surface area contributed by atoms with E-state index in [1.165, 1.54) is 37.2 Å². The van der Waals surface area contributed by atoms with Crippen LogP contribution in [0.15, 0.2) is 24.3 Å². The van der Waals surface area contributed by atoms with Gasteiger partial charge < -0.3 is 9.80 Å². The maximum Gasteiger partial charge on any atom is 0.0366 e. The second kappa shape index (κ2) is 5.87. The molecule has 2 nitrogen and oxygen atoms in total. The molecule has 1 aliphatic heterocycles. The van der Waals surface area contributed by atoms with E-state index < -0.39 is 0 Å². The first-order valence-corrected chi connectivity index (χ1v) is 7.39. The van der Waals surface area contributed by atoms with Crippen LogP contribution in [0, 0.1) is 0 Å². The minimum absolute atomic E-state index is 0.695. The average Bonchev–Trinajstić information content (AvgIpc) is 2.39. The van der Waals surface area contributed by atoms with Crippen LogP contribution in [0.4, 0.5) is 5.69 Å². The van der Waals surface area contributed by atoms with Gasteiger partial charge in [-0.15, -0.1) is 0 Å². The van der Waals surface area contributed by atoms with Crippen LogP contribution < -0.4 is 4.90 Å². The Kier molecular flexibility index (Phi) is 4.46. The normalized spacial score (nSPS) is 18.3. The quantitative estimate of drug-likeness (QED) is 0.791. The summed E-state index contributed by atoms with van der Waals surface area (Å²) >= 11 is 3.48. The fourth-order valence-electron chi connectivity index (χ4n) is 2.41. The fourth-order valence-corrected chi connectivity index (χ4v) is 2.79. The van der Waals surface area contributed by atoms with Crippen molar-refractivity contribution in [3.63, 3.8) is 0 Å². The first-order valence-electron chi connectivity index (χ1n) is 6.27. The van der Waals surface area contributed by atoms with Gasteiger partial charge in [-0.1, -0.05) is 28.1 Å². The molecule has 0 unspecified atom stereocenters. The monoisotopic (exact) mass is 296 g/mol. The molecule has 3 heteroatoms. The molecule has 0 N–H and O–H groups in total. The Morgan fingerprint density at radius 2 is 1.82 bits per heavy atom. The number of piperidine rings is 1. The molecule has 94 valence electrons. The third-order valence-corrected chi connectivity index (χ3v) is 4.38. The van der Waals surface area contributed by atoms with Gasteiger partial charge in [0.1, 0.15) is 0 Å². The molecule has 0 aromatic heterocycles. The van der Waals surface area contributed by atoms with Gasteiger partial charge in [-0.2, -0.15) is 0 Å². The van der Waals surface area contributed by atoms with Crippen molar-refractivity contribution in [2.24, 2.45) is 0 Å². The van der Waals surface area contributed by atoms with Crippen LogP contribution in [0.5, 0.6) is 0 Å². The number of hydrogen-bond donors (Lipinski definition) is 0. The molecule has 1 saturated heterocycles. The van der Waals surface area contributed by atoms with Gasteiger partial charge in [0.15, 0.2) is 0 Å². The predicted octanol–water partition coefficient (Wildman–Crippen LogP) is 3.11. The summed E-state index contributed by atoms with van der Waals surface area (Å²) in [6.07, 6.45) is 2.54. The first kappa shape index (κ1) is 12.9. The molecule has 2 rings (SSSR count). The molecule has 0 aliphatic carbocycles. The van der Waals surface area contributed by atoms with E-state index in [0.29, 0.717) is 6.04 Å². The van der Waals surface area contributed by atoms with Gasteiger partial charge in [0.25, 0.3) is 0 Å². The van der Waals surface area contributed by atoms with Gasteiger partial charge >= 0.3 is 0 Å². The van der Waals surface area contributed by atoms with Crippen molar-refractivity contribution in [3.05, 3.63) is 29.8 Å². The SMILES string of the molecule is CN1CCC(N(C)c2ccc(CBr)cc2)CC1. The summed E-state index contributed by atoms with van der Waals surface area (Å²) in [5, 5.41) is 0.936. The number of likely N-dealkylation sites (tertiary alicyclic amines) is 1. The van der Waals surface area contributed by atoms with Gasteiger partial charge in [0.2, 0.25) is 0 Å². The van der Waals surface area contributed by atoms with E-state index in [0.717, 1.165) is 5.33 Å². The molecule has 1 aliphatic rings. The van der Waals surface area contributed by atoms with Crippen LogP contribution in [-0.4, -0.2) is 38.1 Å². The highest BCUT2D eigenvalue weighted by atomic mass is 79.9. The first-order chi connectivity index (χ1) is 8.20. The molecule has 0 radical (unpaired) electrons. The zero-order valence-electron chi connectivity index (χ0n) is 10.7. The topological polar surface area (TPSA) is 6.48 Å². The summed E-state index contributed by atoms with van der Waals surface area (Å²) in [6, 6.07) is 9.57. The van der Waals surface area contributed by atoms with Crippen LogP contribution in [0.2, 0.25) is 0 Å². The van der Waals surface area contributed by atoms with E-state index in [-0.39, 0.29) is 0 Å². The van der Waals surface area contributed by atoms with Crippen molar-refractivity contribution in [2.75, 3.05) is 32.1 Å². The molecule has 1 aromatic carbocycles. The van der Waals surface area contributed by atoms with Crippen molar-refractivity contribution in [1.82, 2.24) is 4.90 Å². The zero-order valence-corrected chi connectivity index (χ0v) is 12.3. The van der Waals surface area contributed by atoms with Crippen LogP contribution >= 0.6 is 15.9 Å². The van der Waals surface area contributed by atoms with Gasteiger partial charge in [-0.25, -0.2) is 0 Å². The fraction of sp³-hybridized carbons (Fsp3) is 0.571. The smallest absolute Gasteiger partial charge is 0.0366 e. The number of rotatable bonds is 3. The lowest BCUT2D eigenvalue weighted by Gasteiger charge is -2.36. The number of alkyl halides is 1. The van der Waals surface area contributed by atoms with Crippen molar-refractivity contribution < 1.29 is 0 Å². The van der Waals surface area contributed by atoms with Crippen LogP contribution in [-0.2, 0) is 5.33 Å². The summed E-state index contributed by atoms with van der Waals surface area (Å²) in [4.78, 5) is 4.85. The number of anilines is 1. The van der Waals surface area contributed by atoms with Crippen LogP contribution in [0.25, 0.3) is 0 Å². The Morgan fingerprint density at radius 3 is 2.35 bits per heavy atom. The Labute approximate surface area is 113 Å². The van der Waals surface area contributed by atoms with Crippen molar-refractivity contribution in [2.45, 2.75) is 24.2 Å². The van der Waals surface area contributed by atoms with Crippen LogP contribution in [0.1, 0.15) is 18.4 Å². The third-order valence-electron chi connectivity index (χ3n) is 3.73. The standard InChI is InChI=1S/C14H21BrN2/c1-16-9-7-14(8-10-16)17(2)13-5-3-12(11-15)4-6-13/h3-6,14H,7-11H2,1-2H3. The number of nitrogens with zero attached hydrogens (tertiary/aromatic N) is 2. The predicted molar refractivity (Wildman–Crippen MR) is 78.0 cm³/mol. The number of benzene rings is 1. The second-order valence-corrected chi connectivity index (χ2v) is 5.51. The zero-order chi connectivity index (χ0) is 12.3. The Hall–Kier alpha value is -0.540. The lowest BCUT2D eigenvalue weighted by Crippen LogP contribution is -2.41. The second-order valence-electron chi connectivity index (χ2n) is 4.95. The molecule has 0 amide bonds. The summed E-state index contributed by atoms with van der Waals surface area (Å²) in [5.41, 5.74) is 2.68. The Balaban J connectivity index is 2.00. The van der Waals surface area contributed by atoms with Crippen molar-refractivity contribution in [3.8, 4) is 0 Å². The molecule has 0 saturated carbocycles. The highest BCUT2D eigenvalue weighted by Gasteiger charge is 2.20. The van der Waals surface area contributed by atoms with Crippen molar-refractivity contribution >= 4 is 21.6 Å². The largest absolute Gasteiger partial charge is 0.372 e. The summed E-state index contributed by atoms with van der Waals surface area (Å²) in [7, 11) is 4.43. The van der Waals surface area contributed by atoms with Gasteiger partial charge in [0, 0.05) is 24.1 Å². The molecule has 1 fully saturated rings. The molecular weight excluding hydrogens is 276 g/mol. The summed E-state index contributed by atoms with van der Waals surface area (Å²) in [5.74, 6) is 0. The van der Waals surface area contributed by atoms with E-state index in [2.05, 4.69) is 64.1 Å². The van der Waals surface area contributed by atoms with E-state index >= 15 is 0 Å². The van der Waals surface area contributed by atoms with E-state index in [9.17, 15) is 0 Å². The van der Waals surface area contributed by atoms with E-state index in [1.807, 2.05) is 0 Å². The lowest BCUT2D eigenvalue weighted by molar-refractivity contribution is 0.253. The lowest BCUT2D eigenvalue weighted by atomic mass is 10.0. The molecular formula is C14H21BrN2. The van der Waals surface area contributed by atoms with Crippen molar-refractivity contribution in [1.29, 1.82) is 0 Å². The Bertz CT molecular complexity index is 342. The maximum absolute atomic E-state index is 3.48. The summed E-state index contributed by atoms with van der Waals surface area (Å²) < 4.78 is 0. The maximum atomic E-state index is 3.48. The molecule has 17 heavy (non-hydrogen) atoms. The third kappa shape index (κ3) is 3.23. The minimum atomic E-state index is 0.695. The number of halogens is 1. The average molecular weight is 297 g/mol. The Morgan fingerprint density at radius 1 is 1.24 bits per heavy atom. The number of hydrogen-bond acceptors (Lipinski definition) is 2. The van der Waals surface area contributed by atoms with Gasteiger partial charge in [-0.05, 0) is 50.7 Å². The molecule has 0 bridgehead atoms.